The van der Waals surface area contributed by atoms with E-state index in [4.69, 9.17) is 0 Å². The topological polar surface area (TPSA) is 91.3 Å². The van der Waals surface area contributed by atoms with Gasteiger partial charge in [-0.3, -0.25) is 4.79 Å². The summed E-state index contributed by atoms with van der Waals surface area (Å²) in [5.41, 5.74) is -0.200. The van der Waals surface area contributed by atoms with Crippen molar-refractivity contribution in [2.45, 2.75) is 9.79 Å². The molecule has 3 rings (SSSR count). The number of rotatable bonds is 1. The van der Waals surface area contributed by atoms with Gasteiger partial charge in [0.2, 0.25) is 9.84 Å². The quantitative estimate of drug-likeness (QED) is 0.647. The van der Waals surface area contributed by atoms with E-state index in [1.54, 1.807) is 6.07 Å². The van der Waals surface area contributed by atoms with E-state index in [1.165, 1.54) is 24.3 Å². The van der Waals surface area contributed by atoms with Gasteiger partial charge in [-0.25, -0.2) is 8.42 Å². The molecule has 1 heterocycles. The summed E-state index contributed by atoms with van der Waals surface area (Å²) in [7, 11) is -3.90. The molecular formula is C14H7O5S-. The number of aromatic carboxylic acids is 1. The molecule has 0 bridgehead atoms. The Labute approximate surface area is 114 Å². The summed E-state index contributed by atoms with van der Waals surface area (Å²) in [5.74, 6) is -1.93. The van der Waals surface area contributed by atoms with Crippen LogP contribution in [0, 0.1) is 0 Å². The molecule has 0 fully saturated rings. The van der Waals surface area contributed by atoms with Crippen LogP contribution in [0.5, 0.6) is 0 Å². The lowest BCUT2D eigenvalue weighted by atomic mass is 10.0. The summed E-state index contributed by atoms with van der Waals surface area (Å²) in [5, 5.41) is 10.8. The minimum absolute atomic E-state index is 0.0197. The van der Waals surface area contributed by atoms with Gasteiger partial charge in [0.1, 0.15) is 0 Å². The maximum atomic E-state index is 12.5. The van der Waals surface area contributed by atoms with Crippen LogP contribution in [-0.4, -0.2) is 20.2 Å². The van der Waals surface area contributed by atoms with Crippen LogP contribution in [0.2, 0.25) is 0 Å². The number of hydrogen-bond donors (Lipinski definition) is 0. The molecule has 0 atom stereocenters. The smallest absolute Gasteiger partial charge is 0.208 e. The van der Waals surface area contributed by atoms with Crippen LogP contribution in [-0.2, 0) is 9.84 Å². The van der Waals surface area contributed by atoms with Crippen LogP contribution in [0.1, 0.15) is 26.3 Å². The molecule has 0 amide bonds. The minimum Gasteiger partial charge on any atom is -0.545 e. The van der Waals surface area contributed by atoms with Crippen molar-refractivity contribution in [1.82, 2.24) is 0 Å². The minimum atomic E-state index is -3.90. The van der Waals surface area contributed by atoms with Gasteiger partial charge in [0, 0.05) is 11.1 Å². The lowest BCUT2D eigenvalue weighted by Crippen LogP contribution is -2.25. The molecule has 20 heavy (non-hydrogen) atoms. The van der Waals surface area contributed by atoms with E-state index >= 15 is 0 Å². The lowest BCUT2D eigenvalue weighted by molar-refractivity contribution is -0.255. The fourth-order valence-corrected chi connectivity index (χ4v) is 3.89. The second-order valence-corrected chi connectivity index (χ2v) is 6.21. The third kappa shape index (κ3) is 1.58. The molecule has 0 saturated heterocycles. The third-order valence-corrected chi connectivity index (χ3v) is 5.02. The van der Waals surface area contributed by atoms with Gasteiger partial charge < -0.3 is 9.90 Å². The molecule has 0 spiro atoms. The van der Waals surface area contributed by atoms with E-state index in [2.05, 4.69) is 0 Å². The molecule has 0 N–H and O–H groups in total. The number of ketones is 1. The molecule has 6 heteroatoms. The molecule has 0 saturated carbocycles. The first kappa shape index (κ1) is 12.6. The largest absolute Gasteiger partial charge is 0.545 e. The van der Waals surface area contributed by atoms with Crippen molar-refractivity contribution in [1.29, 1.82) is 0 Å². The van der Waals surface area contributed by atoms with E-state index in [1.807, 2.05) is 0 Å². The van der Waals surface area contributed by atoms with Gasteiger partial charge in [-0.1, -0.05) is 18.2 Å². The van der Waals surface area contributed by atoms with Gasteiger partial charge in [-0.2, -0.15) is 0 Å². The van der Waals surface area contributed by atoms with Crippen LogP contribution in [0.3, 0.4) is 0 Å². The SMILES string of the molecule is O=C([O-])c1ccc2c(c1)S(=O)(=O)c1ccccc1C2=O. The number of sulfone groups is 1. The number of hydrogen-bond acceptors (Lipinski definition) is 5. The zero-order valence-corrected chi connectivity index (χ0v) is 10.8. The standard InChI is InChI=1S/C14H8O5S/c15-13-9-3-1-2-4-11(9)20(18,19)12-7-8(14(16)17)5-6-10(12)13/h1-7H,(H,16,17)/p-1. The molecule has 2 aromatic rings. The van der Waals surface area contributed by atoms with Crippen LogP contribution >= 0.6 is 0 Å². The highest BCUT2D eigenvalue weighted by Crippen LogP contribution is 2.34. The highest BCUT2D eigenvalue weighted by molar-refractivity contribution is 7.91. The molecule has 2 aromatic carbocycles. The van der Waals surface area contributed by atoms with Crippen LogP contribution in [0.4, 0.5) is 0 Å². The highest BCUT2D eigenvalue weighted by Gasteiger charge is 2.34. The van der Waals surface area contributed by atoms with Crippen molar-refractivity contribution >= 4 is 21.6 Å². The normalized spacial score (nSPS) is 15.3. The Morgan fingerprint density at radius 1 is 0.950 bits per heavy atom. The van der Waals surface area contributed by atoms with E-state index in [-0.39, 0.29) is 26.5 Å². The first-order valence-corrected chi connectivity index (χ1v) is 7.15. The first-order chi connectivity index (χ1) is 9.43. The Hall–Kier alpha value is -2.47. The summed E-state index contributed by atoms with van der Waals surface area (Å²) in [6.07, 6.45) is 0. The number of carboxylic acid groups (broad SMARTS) is 1. The van der Waals surface area contributed by atoms with Crippen molar-refractivity contribution in [3.8, 4) is 0 Å². The summed E-state index contributed by atoms with van der Waals surface area (Å²) < 4.78 is 24.9. The predicted molar refractivity (Wildman–Crippen MR) is 66.1 cm³/mol. The number of fused-ring (bicyclic) bond motifs is 2. The summed E-state index contributed by atoms with van der Waals surface area (Å²) in [6.45, 7) is 0. The van der Waals surface area contributed by atoms with Crippen molar-refractivity contribution < 1.29 is 23.1 Å². The fraction of sp³-hybridized carbons (Fsp3) is 0. The van der Waals surface area contributed by atoms with Crippen molar-refractivity contribution in [2.24, 2.45) is 0 Å². The molecule has 1 aliphatic heterocycles. The Morgan fingerprint density at radius 3 is 2.30 bits per heavy atom. The molecule has 100 valence electrons. The van der Waals surface area contributed by atoms with Crippen molar-refractivity contribution in [3.05, 3.63) is 59.2 Å². The monoisotopic (exact) mass is 287 g/mol. The van der Waals surface area contributed by atoms with E-state index in [0.29, 0.717) is 0 Å². The first-order valence-electron chi connectivity index (χ1n) is 5.67. The van der Waals surface area contributed by atoms with Gasteiger partial charge in [-0.05, 0) is 29.8 Å². The average molecular weight is 287 g/mol. The predicted octanol–water partition coefficient (Wildman–Crippen LogP) is 0.427. The molecule has 0 aliphatic carbocycles. The van der Waals surface area contributed by atoms with Crippen LogP contribution in [0.25, 0.3) is 0 Å². The fourth-order valence-electron chi connectivity index (χ4n) is 2.21. The average Bonchev–Trinajstić information content (AvgIpc) is 2.44. The number of carboxylic acids is 1. The van der Waals surface area contributed by atoms with Gasteiger partial charge in [0.05, 0.1) is 15.8 Å². The third-order valence-electron chi connectivity index (χ3n) is 3.17. The summed E-state index contributed by atoms with van der Waals surface area (Å²) in [6, 6.07) is 9.19. The Kier molecular flexibility index (Phi) is 2.52. The second-order valence-electron chi connectivity index (χ2n) is 4.33. The van der Waals surface area contributed by atoms with Crippen LogP contribution in [0.15, 0.2) is 52.3 Å². The van der Waals surface area contributed by atoms with Crippen molar-refractivity contribution in [2.75, 3.05) is 0 Å². The molecule has 5 nitrogen and oxygen atoms in total. The van der Waals surface area contributed by atoms with E-state index < -0.39 is 21.6 Å². The summed E-state index contributed by atoms with van der Waals surface area (Å²) in [4.78, 5) is 22.7. The second kappa shape index (κ2) is 4.01. The Balaban J connectivity index is 2.38. The molecule has 1 aliphatic rings. The zero-order valence-electron chi connectivity index (χ0n) is 9.99. The molecule has 0 aromatic heterocycles. The number of benzene rings is 2. The molecule has 0 radical (unpaired) electrons. The maximum Gasteiger partial charge on any atom is 0.208 e. The zero-order chi connectivity index (χ0) is 14.5. The van der Waals surface area contributed by atoms with E-state index in [0.717, 1.165) is 12.1 Å². The number of carbonyl (C=O) groups is 2. The molecular weight excluding hydrogens is 280 g/mol. The van der Waals surface area contributed by atoms with Crippen molar-refractivity contribution in [3.63, 3.8) is 0 Å². The maximum absolute atomic E-state index is 12.5. The highest BCUT2D eigenvalue weighted by atomic mass is 32.2. The van der Waals surface area contributed by atoms with Gasteiger partial charge in [0.15, 0.2) is 5.78 Å². The van der Waals surface area contributed by atoms with Gasteiger partial charge in [-0.15, -0.1) is 0 Å². The van der Waals surface area contributed by atoms with Gasteiger partial charge >= 0.3 is 0 Å². The Bertz CT molecular complexity index is 865. The number of carbonyl (C=O) groups excluding carboxylic acids is 2. The lowest BCUT2D eigenvalue weighted by Gasteiger charge is -2.19. The van der Waals surface area contributed by atoms with E-state index in [9.17, 15) is 23.1 Å². The van der Waals surface area contributed by atoms with Crippen LogP contribution < -0.4 is 5.11 Å². The Morgan fingerprint density at radius 2 is 1.60 bits per heavy atom. The molecule has 0 unspecified atom stereocenters. The summed E-state index contributed by atoms with van der Waals surface area (Å²) >= 11 is 0. The van der Waals surface area contributed by atoms with Gasteiger partial charge in [0.25, 0.3) is 0 Å².